The van der Waals surface area contributed by atoms with Gasteiger partial charge in [0.15, 0.2) is 5.82 Å². The molecule has 3 aromatic rings. The highest BCUT2D eigenvalue weighted by molar-refractivity contribution is 5.85. The molecule has 170 valence electrons. The summed E-state index contributed by atoms with van der Waals surface area (Å²) in [6, 6.07) is 6.10. The molecule has 0 radical (unpaired) electrons. The van der Waals surface area contributed by atoms with Gasteiger partial charge in [-0.05, 0) is 67.2 Å². The largest absolute Gasteiger partial charge is 0.393 e. The number of likely N-dealkylation sites (tertiary alicyclic amines) is 1. The highest BCUT2D eigenvalue weighted by Crippen LogP contribution is 2.34. The van der Waals surface area contributed by atoms with Crippen LogP contribution in [-0.2, 0) is 0 Å². The molecule has 1 atom stereocenters. The molecule has 1 saturated heterocycles. The third-order valence-electron chi connectivity index (χ3n) is 7.31. The minimum atomic E-state index is -0.340. The molecule has 8 heteroatoms. The Morgan fingerprint density at radius 2 is 1.78 bits per heavy atom. The number of tetrazole rings is 1. The van der Waals surface area contributed by atoms with Crippen LogP contribution in [0.25, 0.3) is 10.9 Å². The highest BCUT2D eigenvalue weighted by Gasteiger charge is 2.34. The molecule has 0 spiro atoms. The van der Waals surface area contributed by atoms with Crippen molar-refractivity contribution < 1.29 is 5.11 Å². The summed E-state index contributed by atoms with van der Waals surface area (Å²) in [4.78, 5) is 18.8. The third-order valence-corrected chi connectivity index (χ3v) is 7.31. The highest BCUT2D eigenvalue weighted by atomic mass is 16.3. The number of hydrogen-bond acceptors (Lipinski definition) is 6. The van der Waals surface area contributed by atoms with Gasteiger partial charge in [-0.1, -0.05) is 31.4 Å². The van der Waals surface area contributed by atoms with Crippen LogP contribution in [0.3, 0.4) is 0 Å². The molecule has 3 heterocycles. The molecule has 1 aromatic carbocycles. The van der Waals surface area contributed by atoms with E-state index in [1.165, 1.54) is 19.3 Å². The van der Waals surface area contributed by atoms with E-state index in [2.05, 4.69) is 38.4 Å². The monoisotopic (exact) mass is 436 g/mol. The Kier molecular flexibility index (Phi) is 5.82. The topological polar surface area (TPSA) is 99.9 Å². The van der Waals surface area contributed by atoms with Gasteiger partial charge in [-0.3, -0.25) is 9.69 Å². The predicted octanol–water partition coefficient (Wildman–Crippen LogP) is 3.18. The Bertz CT molecular complexity index is 1150. The first-order chi connectivity index (χ1) is 15.5. The number of pyridine rings is 1. The van der Waals surface area contributed by atoms with Gasteiger partial charge < -0.3 is 10.1 Å². The number of H-pyrrole nitrogens is 1. The van der Waals surface area contributed by atoms with Crippen LogP contribution in [-0.4, -0.2) is 54.4 Å². The van der Waals surface area contributed by atoms with E-state index in [1.54, 1.807) is 0 Å². The summed E-state index contributed by atoms with van der Waals surface area (Å²) in [5, 5.41) is 24.1. The maximum absolute atomic E-state index is 13.4. The van der Waals surface area contributed by atoms with Crippen molar-refractivity contribution in [3.8, 4) is 0 Å². The fourth-order valence-electron chi connectivity index (χ4n) is 5.40. The van der Waals surface area contributed by atoms with E-state index in [-0.39, 0.29) is 23.7 Å². The maximum atomic E-state index is 13.4. The van der Waals surface area contributed by atoms with Crippen molar-refractivity contribution in [3.05, 3.63) is 51.1 Å². The lowest BCUT2D eigenvalue weighted by Gasteiger charge is -2.36. The van der Waals surface area contributed by atoms with Crippen molar-refractivity contribution in [2.24, 2.45) is 0 Å². The number of hydrogen-bond donors (Lipinski definition) is 2. The predicted molar refractivity (Wildman–Crippen MR) is 123 cm³/mol. The second-order valence-electron chi connectivity index (χ2n) is 9.49. The van der Waals surface area contributed by atoms with Crippen LogP contribution in [0.5, 0.6) is 0 Å². The fraction of sp³-hybridized carbons (Fsp3) is 0.583. The standard InChI is InChI=1S/C24H32N6O2/c1-15-8-9-16(2)21-19(15)14-20(24(32)25-21)22(29-12-10-18(31)11-13-29)23-26-27-28-30(23)17-6-4-3-5-7-17/h8-9,14,17-18,22,31H,3-7,10-13H2,1-2H3,(H,25,32)/t22-/m1/s1. The van der Waals surface area contributed by atoms with Gasteiger partial charge in [-0.15, -0.1) is 5.10 Å². The number of aliphatic hydroxyl groups is 1. The molecule has 2 N–H and O–H groups in total. The summed E-state index contributed by atoms with van der Waals surface area (Å²) in [6.07, 6.45) is 6.83. The molecular formula is C24H32N6O2. The van der Waals surface area contributed by atoms with E-state index >= 15 is 0 Å². The summed E-state index contributed by atoms with van der Waals surface area (Å²) in [6.45, 7) is 5.49. The normalized spacial score (nSPS) is 20.1. The van der Waals surface area contributed by atoms with Crippen LogP contribution in [0.1, 0.15) is 79.5 Å². The fourth-order valence-corrected chi connectivity index (χ4v) is 5.40. The van der Waals surface area contributed by atoms with E-state index < -0.39 is 0 Å². The zero-order valence-electron chi connectivity index (χ0n) is 18.9. The smallest absolute Gasteiger partial charge is 0.253 e. The summed E-state index contributed by atoms with van der Waals surface area (Å²) < 4.78 is 1.97. The van der Waals surface area contributed by atoms with Gasteiger partial charge in [0.25, 0.3) is 5.56 Å². The summed E-state index contributed by atoms with van der Waals surface area (Å²) in [5.74, 6) is 0.739. The molecule has 5 rings (SSSR count). The van der Waals surface area contributed by atoms with Crippen LogP contribution < -0.4 is 5.56 Å². The lowest BCUT2D eigenvalue weighted by Crippen LogP contribution is -2.42. The lowest BCUT2D eigenvalue weighted by atomic mass is 9.94. The Hall–Kier alpha value is -2.58. The zero-order chi connectivity index (χ0) is 22.2. The van der Waals surface area contributed by atoms with Crippen molar-refractivity contribution in [2.75, 3.05) is 13.1 Å². The number of aryl methyl sites for hydroxylation is 2. The zero-order valence-corrected chi connectivity index (χ0v) is 18.9. The van der Waals surface area contributed by atoms with E-state index in [0.717, 1.165) is 40.7 Å². The van der Waals surface area contributed by atoms with Gasteiger partial charge >= 0.3 is 0 Å². The number of aliphatic hydroxyl groups excluding tert-OH is 1. The first kappa shape index (κ1) is 21.3. The Balaban J connectivity index is 1.65. The number of fused-ring (bicyclic) bond motifs is 1. The van der Waals surface area contributed by atoms with Crippen molar-refractivity contribution in [1.82, 2.24) is 30.1 Å². The average Bonchev–Trinajstić information content (AvgIpc) is 3.28. The Labute approximate surface area is 187 Å². The van der Waals surface area contributed by atoms with E-state index in [1.807, 2.05) is 23.7 Å². The molecule has 8 nitrogen and oxygen atoms in total. The Morgan fingerprint density at radius 3 is 2.53 bits per heavy atom. The molecule has 2 aliphatic rings. The van der Waals surface area contributed by atoms with Gasteiger partial charge in [0.1, 0.15) is 6.04 Å². The number of aromatic nitrogens is 5. The summed E-state index contributed by atoms with van der Waals surface area (Å²) >= 11 is 0. The third kappa shape index (κ3) is 3.86. The Morgan fingerprint density at radius 1 is 1.06 bits per heavy atom. The van der Waals surface area contributed by atoms with Crippen LogP contribution >= 0.6 is 0 Å². The van der Waals surface area contributed by atoms with Crippen LogP contribution in [0.4, 0.5) is 0 Å². The van der Waals surface area contributed by atoms with E-state index in [0.29, 0.717) is 31.5 Å². The molecule has 0 unspecified atom stereocenters. The van der Waals surface area contributed by atoms with Crippen molar-refractivity contribution >= 4 is 10.9 Å². The van der Waals surface area contributed by atoms with Gasteiger partial charge in [0.05, 0.1) is 17.7 Å². The minimum Gasteiger partial charge on any atom is -0.393 e. The number of rotatable bonds is 4. The van der Waals surface area contributed by atoms with Crippen LogP contribution in [0.2, 0.25) is 0 Å². The molecule has 0 bridgehead atoms. The number of benzene rings is 1. The molecule has 2 fully saturated rings. The number of aromatic amines is 1. The molecule has 2 aromatic heterocycles. The summed E-state index contributed by atoms with van der Waals surface area (Å²) in [7, 11) is 0. The minimum absolute atomic E-state index is 0.0967. The van der Waals surface area contributed by atoms with Gasteiger partial charge in [-0.25, -0.2) is 4.68 Å². The molecule has 32 heavy (non-hydrogen) atoms. The SMILES string of the molecule is Cc1ccc(C)c2[nH]c(=O)c([C@H](c3nnnn3C3CCCCC3)N3CCC(O)CC3)cc12. The molecule has 1 saturated carbocycles. The van der Waals surface area contributed by atoms with Crippen LogP contribution in [0, 0.1) is 13.8 Å². The van der Waals surface area contributed by atoms with Crippen LogP contribution in [0.15, 0.2) is 23.0 Å². The number of nitrogens with one attached hydrogen (secondary N) is 1. The lowest BCUT2D eigenvalue weighted by molar-refractivity contribution is 0.0651. The quantitative estimate of drug-likeness (QED) is 0.652. The van der Waals surface area contributed by atoms with Gasteiger partial charge in [-0.2, -0.15) is 0 Å². The molecule has 0 amide bonds. The first-order valence-corrected chi connectivity index (χ1v) is 11.9. The molecule has 1 aliphatic carbocycles. The average molecular weight is 437 g/mol. The van der Waals surface area contributed by atoms with E-state index in [4.69, 9.17) is 0 Å². The van der Waals surface area contributed by atoms with Crippen molar-refractivity contribution in [1.29, 1.82) is 0 Å². The number of nitrogens with zero attached hydrogens (tertiary/aromatic N) is 5. The molecular weight excluding hydrogens is 404 g/mol. The number of piperidine rings is 1. The summed E-state index contributed by atoms with van der Waals surface area (Å²) in [5.41, 5.74) is 3.65. The molecule has 1 aliphatic heterocycles. The van der Waals surface area contributed by atoms with Gasteiger partial charge in [0.2, 0.25) is 0 Å². The first-order valence-electron chi connectivity index (χ1n) is 11.9. The second-order valence-corrected chi connectivity index (χ2v) is 9.49. The van der Waals surface area contributed by atoms with Gasteiger partial charge in [0, 0.05) is 24.0 Å². The second kappa shape index (κ2) is 8.75. The van der Waals surface area contributed by atoms with Crippen molar-refractivity contribution in [3.63, 3.8) is 0 Å². The van der Waals surface area contributed by atoms with E-state index in [9.17, 15) is 9.90 Å². The maximum Gasteiger partial charge on any atom is 0.253 e. The van der Waals surface area contributed by atoms with Crippen molar-refractivity contribution in [2.45, 2.75) is 77.0 Å².